The summed E-state index contributed by atoms with van der Waals surface area (Å²) in [7, 11) is -4.37. The molecule has 0 aromatic heterocycles. The molecule has 1 heterocycles. The number of carboxylic acid groups (broad SMARTS) is 1. The molecule has 9 heteroatoms. The molecular formula is C12H12F3NO4S. The molecule has 1 saturated heterocycles. The largest absolute Gasteiger partial charge is 0.481 e. The van der Waals surface area contributed by atoms with Gasteiger partial charge in [-0.2, -0.15) is 17.5 Å². The molecule has 1 aromatic carbocycles. The van der Waals surface area contributed by atoms with Gasteiger partial charge in [0.05, 0.1) is 16.4 Å². The van der Waals surface area contributed by atoms with Crippen LogP contribution in [0.1, 0.15) is 12.0 Å². The van der Waals surface area contributed by atoms with E-state index in [4.69, 9.17) is 5.11 Å². The summed E-state index contributed by atoms with van der Waals surface area (Å²) >= 11 is 0. The number of sulfonamides is 1. The zero-order valence-electron chi connectivity index (χ0n) is 10.7. The summed E-state index contributed by atoms with van der Waals surface area (Å²) in [5.41, 5.74) is -1.25. The third kappa shape index (κ3) is 3.03. The van der Waals surface area contributed by atoms with Crippen LogP contribution in [0.4, 0.5) is 13.2 Å². The van der Waals surface area contributed by atoms with Crippen molar-refractivity contribution in [3.63, 3.8) is 0 Å². The van der Waals surface area contributed by atoms with E-state index in [2.05, 4.69) is 0 Å². The first kappa shape index (κ1) is 15.8. The van der Waals surface area contributed by atoms with Crippen LogP contribution in [-0.4, -0.2) is 36.9 Å². The average Bonchev–Trinajstić information content (AvgIpc) is 2.88. The third-order valence-corrected chi connectivity index (χ3v) is 5.23. The Labute approximate surface area is 119 Å². The van der Waals surface area contributed by atoms with Crippen LogP contribution in [0.5, 0.6) is 0 Å². The Bertz CT molecular complexity index is 657. The first-order valence-corrected chi connectivity index (χ1v) is 7.47. The second kappa shape index (κ2) is 5.30. The van der Waals surface area contributed by atoms with Crippen molar-refractivity contribution in [3.05, 3.63) is 29.8 Å². The Kier molecular flexibility index (Phi) is 3.98. The van der Waals surface area contributed by atoms with E-state index in [-0.39, 0.29) is 19.5 Å². The van der Waals surface area contributed by atoms with E-state index in [1.165, 1.54) is 6.07 Å². The molecule has 21 heavy (non-hydrogen) atoms. The molecule has 2 rings (SSSR count). The molecule has 1 aliphatic rings. The molecule has 0 spiro atoms. The van der Waals surface area contributed by atoms with Crippen LogP contribution >= 0.6 is 0 Å². The van der Waals surface area contributed by atoms with Gasteiger partial charge in [-0.1, -0.05) is 12.1 Å². The Hall–Kier alpha value is -1.61. The lowest BCUT2D eigenvalue weighted by molar-refractivity contribution is -0.141. The van der Waals surface area contributed by atoms with Crippen LogP contribution in [0, 0.1) is 5.92 Å². The summed E-state index contributed by atoms with van der Waals surface area (Å²) in [6.07, 6.45) is -4.71. The van der Waals surface area contributed by atoms with Crippen molar-refractivity contribution in [3.8, 4) is 0 Å². The van der Waals surface area contributed by atoms with Gasteiger partial charge in [0.1, 0.15) is 0 Å². The Morgan fingerprint density at radius 3 is 2.43 bits per heavy atom. The highest BCUT2D eigenvalue weighted by atomic mass is 32.2. The van der Waals surface area contributed by atoms with Crippen molar-refractivity contribution in [1.82, 2.24) is 4.31 Å². The molecule has 5 nitrogen and oxygen atoms in total. The summed E-state index contributed by atoms with van der Waals surface area (Å²) in [5, 5.41) is 8.85. The molecule has 0 radical (unpaired) electrons. The first-order valence-electron chi connectivity index (χ1n) is 6.03. The van der Waals surface area contributed by atoms with E-state index in [1.54, 1.807) is 0 Å². The van der Waals surface area contributed by atoms with E-state index in [0.717, 1.165) is 16.4 Å². The standard InChI is InChI=1S/C12H12F3NO4S/c13-12(14,15)9-3-1-2-4-10(9)21(19,20)16-6-5-8(7-16)11(17)18/h1-4,8H,5-7H2,(H,17,18). The summed E-state index contributed by atoms with van der Waals surface area (Å²) in [5.74, 6) is -2.05. The van der Waals surface area contributed by atoms with Crippen molar-refractivity contribution < 1.29 is 31.5 Å². The number of alkyl halides is 3. The van der Waals surface area contributed by atoms with Gasteiger partial charge in [-0.15, -0.1) is 0 Å². The van der Waals surface area contributed by atoms with Gasteiger partial charge in [0.2, 0.25) is 10.0 Å². The monoisotopic (exact) mass is 323 g/mol. The van der Waals surface area contributed by atoms with Gasteiger partial charge >= 0.3 is 12.1 Å². The van der Waals surface area contributed by atoms with Crippen LogP contribution in [-0.2, 0) is 21.0 Å². The summed E-state index contributed by atoms with van der Waals surface area (Å²) in [4.78, 5) is 9.99. The van der Waals surface area contributed by atoms with E-state index in [1.807, 2.05) is 0 Å². The van der Waals surface area contributed by atoms with Gasteiger partial charge in [0.25, 0.3) is 0 Å². The lowest BCUT2D eigenvalue weighted by Crippen LogP contribution is -2.31. The molecule has 0 amide bonds. The number of aliphatic carboxylic acids is 1. The predicted octanol–water partition coefficient (Wildman–Crippen LogP) is 1.80. The van der Waals surface area contributed by atoms with Gasteiger partial charge in [-0.3, -0.25) is 4.79 Å². The van der Waals surface area contributed by atoms with Gasteiger partial charge < -0.3 is 5.11 Å². The molecule has 1 aliphatic heterocycles. The summed E-state index contributed by atoms with van der Waals surface area (Å²) < 4.78 is 64.1. The second-order valence-electron chi connectivity index (χ2n) is 4.68. The van der Waals surface area contributed by atoms with E-state index < -0.39 is 38.5 Å². The smallest absolute Gasteiger partial charge is 0.417 e. The number of halogens is 3. The number of nitrogens with zero attached hydrogens (tertiary/aromatic N) is 1. The predicted molar refractivity (Wildman–Crippen MR) is 65.9 cm³/mol. The highest BCUT2D eigenvalue weighted by molar-refractivity contribution is 7.89. The number of rotatable bonds is 3. The molecule has 1 aromatic rings. The van der Waals surface area contributed by atoms with Crippen molar-refractivity contribution in [1.29, 1.82) is 0 Å². The van der Waals surface area contributed by atoms with Gasteiger partial charge in [-0.25, -0.2) is 8.42 Å². The van der Waals surface area contributed by atoms with Crippen LogP contribution in [0.3, 0.4) is 0 Å². The molecule has 0 bridgehead atoms. The minimum absolute atomic E-state index is 0.0861. The van der Waals surface area contributed by atoms with Crippen molar-refractivity contribution in [2.75, 3.05) is 13.1 Å². The molecule has 0 saturated carbocycles. The van der Waals surface area contributed by atoms with Gasteiger partial charge in [-0.05, 0) is 18.6 Å². The molecule has 116 valence electrons. The normalized spacial score (nSPS) is 20.6. The molecule has 1 atom stereocenters. The highest BCUT2D eigenvalue weighted by Gasteiger charge is 2.41. The molecule has 0 aliphatic carbocycles. The van der Waals surface area contributed by atoms with E-state index >= 15 is 0 Å². The fourth-order valence-electron chi connectivity index (χ4n) is 2.21. The molecule has 1 N–H and O–H groups in total. The number of benzene rings is 1. The van der Waals surface area contributed by atoms with E-state index in [9.17, 15) is 26.4 Å². The third-order valence-electron chi connectivity index (χ3n) is 3.31. The molecule has 1 fully saturated rings. The Morgan fingerprint density at radius 2 is 1.90 bits per heavy atom. The zero-order valence-corrected chi connectivity index (χ0v) is 11.5. The minimum atomic E-state index is -4.80. The zero-order chi connectivity index (χ0) is 15.8. The maximum Gasteiger partial charge on any atom is 0.417 e. The number of carbonyl (C=O) groups is 1. The maximum atomic E-state index is 12.9. The lowest BCUT2D eigenvalue weighted by Gasteiger charge is -2.19. The highest BCUT2D eigenvalue weighted by Crippen LogP contribution is 2.36. The van der Waals surface area contributed by atoms with Crippen molar-refractivity contribution in [2.24, 2.45) is 5.92 Å². The fraction of sp³-hybridized carbons (Fsp3) is 0.417. The Balaban J connectivity index is 2.40. The van der Waals surface area contributed by atoms with Crippen LogP contribution in [0.2, 0.25) is 0 Å². The SMILES string of the molecule is O=C(O)C1CCN(S(=O)(=O)c2ccccc2C(F)(F)F)C1. The average molecular weight is 323 g/mol. The van der Waals surface area contributed by atoms with E-state index in [0.29, 0.717) is 6.07 Å². The number of hydrogen-bond donors (Lipinski definition) is 1. The summed E-state index contributed by atoms with van der Waals surface area (Å²) in [6, 6.07) is 3.88. The quantitative estimate of drug-likeness (QED) is 0.920. The van der Waals surface area contributed by atoms with Crippen molar-refractivity contribution in [2.45, 2.75) is 17.5 Å². The topological polar surface area (TPSA) is 74.7 Å². The number of carboxylic acids is 1. The Morgan fingerprint density at radius 1 is 1.29 bits per heavy atom. The molecular weight excluding hydrogens is 311 g/mol. The van der Waals surface area contributed by atoms with Gasteiger partial charge in [0, 0.05) is 13.1 Å². The fourth-order valence-corrected chi connectivity index (χ4v) is 3.93. The van der Waals surface area contributed by atoms with Crippen molar-refractivity contribution >= 4 is 16.0 Å². The molecule has 1 unspecified atom stereocenters. The minimum Gasteiger partial charge on any atom is -0.481 e. The number of hydrogen-bond acceptors (Lipinski definition) is 3. The van der Waals surface area contributed by atoms with Crippen LogP contribution < -0.4 is 0 Å². The van der Waals surface area contributed by atoms with Gasteiger partial charge in [0.15, 0.2) is 0 Å². The lowest BCUT2D eigenvalue weighted by atomic mass is 10.1. The first-order chi connectivity index (χ1) is 9.64. The van der Waals surface area contributed by atoms with Crippen LogP contribution in [0.15, 0.2) is 29.2 Å². The summed E-state index contributed by atoms with van der Waals surface area (Å²) in [6.45, 7) is -0.421. The maximum absolute atomic E-state index is 12.9. The second-order valence-corrected chi connectivity index (χ2v) is 6.59. The van der Waals surface area contributed by atoms with Crippen LogP contribution in [0.25, 0.3) is 0 Å².